The summed E-state index contributed by atoms with van der Waals surface area (Å²) in [6.45, 7) is 5.49. The number of hydrogen-bond donors (Lipinski definition) is 3. The lowest BCUT2D eigenvalue weighted by Crippen LogP contribution is -2.54. The van der Waals surface area contributed by atoms with Gasteiger partial charge in [0.15, 0.2) is 5.84 Å². The molecule has 100 valence electrons. The van der Waals surface area contributed by atoms with Crippen LogP contribution in [0.25, 0.3) is 0 Å². The van der Waals surface area contributed by atoms with Crippen molar-refractivity contribution in [3.8, 4) is 0 Å². The van der Waals surface area contributed by atoms with Crippen molar-refractivity contribution >= 4 is 39.0 Å². The minimum absolute atomic E-state index is 0.00862. The Hall–Kier alpha value is -1.08. The lowest BCUT2D eigenvalue weighted by Gasteiger charge is -2.27. The standard InChI is InChI=1S/C11H16BrN3O2S/c1-4-11(3,10(13)15-17)14-9(16)7-5-6(2)8(12)18-7/h5,17H,4H2,1-3H3,(H2,13,15)(H,14,16). The Morgan fingerprint density at radius 1 is 1.72 bits per heavy atom. The summed E-state index contributed by atoms with van der Waals surface area (Å²) in [5.41, 5.74) is 5.76. The number of amides is 1. The van der Waals surface area contributed by atoms with E-state index in [1.807, 2.05) is 13.8 Å². The first-order chi connectivity index (χ1) is 8.34. The second-order valence-corrected chi connectivity index (χ2v) is 6.56. The maximum absolute atomic E-state index is 12.1. The number of hydrogen-bond acceptors (Lipinski definition) is 4. The van der Waals surface area contributed by atoms with Crippen molar-refractivity contribution < 1.29 is 10.0 Å². The van der Waals surface area contributed by atoms with Gasteiger partial charge in [-0.2, -0.15) is 0 Å². The van der Waals surface area contributed by atoms with E-state index in [0.717, 1.165) is 9.35 Å². The average molecular weight is 334 g/mol. The molecule has 0 aliphatic heterocycles. The van der Waals surface area contributed by atoms with Crippen LogP contribution in [0.5, 0.6) is 0 Å². The van der Waals surface area contributed by atoms with Gasteiger partial charge in [-0.25, -0.2) is 0 Å². The molecule has 1 rings (SSSR count). The van der Waals surface area contributed by atoms with Gasteiger partial charge in [0.1, 0.15) is 0 Å². The second kappa shape index (κ2) is 5.71. The quantitative estimate of drug-likeness (QED) is 0.342. The zero-order chi connectivity index (χ0) is 13.9. The number of nitrogens with one attached hydrogen (secondary N) is 1. The van der Waals surface area contributed by atoms with Gasteiger partial charge in [-0.3, -0.25) is 4.79 Å². The SMILES string of the molecule is CCC(C)(NC(=O)c1cc(C)c(Br)s1)C(N)=NO. The Labute approximate surface area is 118 Å². The van der Waals surface area contributed by atoms with Gasteiger partial charge in [-0.1, -0.05) is 12.1 Å². The highest BCUT2D eigenvalue weighted by molar-refractivity contribution is 9.11. The number of carbonyl (C=O) groups excluding carboxylic acids is 1. The number of oxime groups is 1. The Kier molecular flexibility index (Phi) is 4.75. The molecule has 0 radical (unpaired) electrons. The number of nitrogens with two attached hydrogens (primary N) is 1. The average Bonchev–Trinajstić information content (AvgIpc) is 2.68. The van der Waals surface area contributed by atoms with Crippen LogP contribution in [0.15, 0.2) is 15.0 Å². The molecule has 0 bridgehead atoms. The second-order valence-electron chi connectivity index (χ2n) is 4.19. The van der Waals surface area contributed by atoms with Gasteiger partial charge in [-0.05, 0) is 47.8 Å². The van der Waals surface area contributed by atoms with E-state index in [0.29, 0.717) is 11.3 Å². The summed E-state index contributed by atoms with van der Waals surface area (Å²) in [6.07, 6.45) is 0.528. The molecular weight excluding hydrogens is 318 g/mol. The first-order valence-electron chi connectivity index (χ1n) is 5.40. The molecule has 0 spiro atoms. The monoisotopic (exact) mass is 333 g/mol. The summed E-state index contributed by atoms with van der Waals surface area (Å²) >= 11 is 4.73. The summed E-state index contributed by atoms with van der Waals surface area (Å²) in [6, 6.07) is 1.80. The van der Waals surface area contributed by atoms with Crippen molar-refractivity contribution in [2.75, 3.05) is 0 Å². The van der Waals surface area contributed by atoms with Gasteiger partial charge >= 0.3 is 0 Å². The molecular formula is C11H16BrN3O2S. The third kappa shape index (κ3) is 3.02. The summed E-state index contributed by atoms with van der Waals surface area (Å²) < 4.78 is 0.926. The van der Waals surface area contributed by atoms with Crippen molar-refractivity contribution in [1.82, 2.24) is 5.32 Å². The number of rotatable bonds is 4. The predicted octanol–water partition coefficient (Wildman–Crippen LogP) is 2.46. The largest absolute Gasteiger partial charge is 0.409 e. The van der Waals surface area contributed by atoms with Gasteiger partial charge in [0.25, 0.3) is 5.91 Å². The number of nitrogens with zero attached hydrogens (tertiary/aromatic N) is 1. The third-order valence-corrected chi connectivity index (χ3v) is 4.99. The first-order valence-corrected chi connectivity index (χ1v) is 7.01. The van der Waals surface area contributed by atoms with Crippen LogP contribution in [-0.4, -0.2) is 22.5 Å². The van der Waals surface area contributed by atoms with Gasteiger partial charge in [-0.15, -0.1) is 11.3 Å². The van der Waals surface area contributed by atoms with Crippen molar-refractivity contribution in [2.45, 2.75) is 32.7 Å². The zero-order valence-corrected chi connectivity index (χ0v) is 12.9. The number of carbonyl (C=O) groups is 1. The number of thiophene rings is 1. The molecule has 7 heteroatoms. The third-order valence-electron chi connectivity index (χ3n) is 2.85. The van der Waals surface area contributed by atoms with Crippen molar-refractivity contribution in [3.63, 3.8) is 0 Å². The fraction of sp³-hybridized carbons (Fsp3) is 0.455. The van der Waals surface area contributed by atoms with E-state index in [1.165, 1.54) is 11.3 Å². The minimum atomic E-state index is -0.851. The van der Waals surface area contributed by atoms with Crippen LogP contribution in [-0.2, 0) is 0 Å². The smallest absolute Gasteiger partial charge is 0.262 e. The first kappa shape index (κ1) is 15.0. The summed E-state index contributed by atoms with van der Waals surface area (Å²) in [7, 11) is 0. The maximum atomic E-state index is 12.1. The zero-order valence-electron chi connectivity index (χ0n) is 10.5. The van der Waals surface area contributed by atoms with Gasteiger partial charge in [0, 0.05) is 0 Å². The molecule has 18 heavy (non-hydrogen) atoms. The summed E-state index contributed by atoms with van der Waals surface area (Å²) in [5.74, 6) is -0.240. The number of halogens is 1. The molecule has 0 saturated carbocycles. The van der Waals surface area contributed by atoms with Crippen LogP contribution < -0.4 is 11.1 Å². The van der Waals surface area contributed by atoms with E-state index < -0.39 is 5.54 Å². The normalized spacial score (nSPS) is 15.2. The molecule has 0 aliphatic carbocycles. The van der Waals surface area contributed by atoms with Crippen molar-refractivity contribution in [1.29, 1.82) is 0 Å². The van der Waals surface area contributed by atoms with E-state index in [9.17, 15) is 4.79 Å². The topological polar surface area (TPSA) is 87.7 Å². The highest BCUT2D eigenvalue weighted by Crippen LogP contribution is 2.27. The maximum Gasteiger partial charge on any atom is 0.262 e. The summed E-state index contributed by atoms with van der Waals surface area (Å²) in [4.78, 5) is 12.7. The van der Waals surface area contributed by atoms with E-state index in [1.54, 1.807) is 13.0 Å². The lowest BCUT2D eigenvalue weighted by atomic mass is 9.97. The highest BCUT2D eigenvalue weighted by atomic mass is 79.9. The van der Waals surface area contributed by atoms with Gasteiger partial charge in [0.2, 0.25) is 0 Å². The van der Waals surface area contributed by atoms with Crippen LogP contribution in [0.3, 0.4) is 0 Å². The van der Waals surface area contributed by atoms with E-state index in [4.69, 9.17) is 10.9 Å². The molecule has 5 nitrogen and oxygen atoms in total. The fourth-order valence-electron chi connectivity index (χ4n) is 1.33. The molecule has 1 heterocycles. The molecule has 1 atom stereocenters. The van der Waals surface area contributed by atoms with E-state index in [-0.39, 0.29) is 11.7 Å². The molecule has 4 N–H and O–H groups in total. The minimum Gasteiger partial charge on any atom is -0.409 e. The summed E-state index contributed by atoms with van der Waals surface area (Å²) in [5, 5.41) is 14.5. The van der Waals surface area contributed by atoms with Crippen LogP contribution in [0.2, 0.25) is 0 Å². The van der Waals surface area contributed by atoms with Crippen LogP contribution in [0, 0.1) is 6.92 Å². The molecule has 1 aromatic heterocycles. The Balaban J connectivity index is 2.93. The lowest BCUT2D eigenvalue weighted by molar-refractivity contribution is 0.0929. The Morgan fingerprint density at radius 3 is 2.72 bits per heavy atom. The van der Waals surface area contributed by atoms with Gasteiger partial charge < -0.3 is 16.3 Å². The number of amidine groups is 1. The fourth-order valence-corrected chi connectivity index (χ4v) is 2.76. The van der Waals surface area contributed by atoms with Crippen molar-refractivity contribution in [3.05, 3.63) is 20.3 Å². The van der Waals surface area contributed by atoms with Crippen LogP contribution in [0.1, 0.15) is 35.5 Å². The molecule has 1 aromatic rings. The Morgan fingerprint density at radius 2 is 2.33 bits per heavy atom. The molecule has 0 fully saturated rings. The Bertz CT molecular complexity index is 467. The van der Waals surface area contributed by atoms with E-state index in [2.05, 4.69) is 26.4 Å². The molecule has 0 saturated heterocycles. The van der Waals surface area contributed by atoms with Crippen molar-refractivity contribution in [2.24, 2.45) is 10.9 Å². The van der Waals surface area contributed by atoms with Gasteiger partial charge in [0.05, 0.1) is 14.2 Å². The predicted molar refractivity (Wildman–Crippen MR) is 76.3 cm³/mol. The highest BCUT2D eigenvalue weighted by Gasteiger charge is 2.30. The van der Waals surface area contributed by atoms with Crippen LogP contribution >= 0.6 is 27.3 Å². The molecule has 1 unspecified atom stereocenters. The molecule has 0 aliphatic rings. The number of aryl methyl sites for hydroxylation is 1. The molecule has 0 aromatic carbocycles. The van der Waals surface area contributed by atoms with E-state index >= 15 is 0 Å². The molecule has 1 amide bonds. The van der Waals surface area contributed by atoms with Crippen LogP contribution in [0.4, 0.5) is 0 Å².